The topological polar surface area (TPSA) is 39.4 Å². The number of esters is 1. The van der Waals surface area contributed by atoms with E-state index in [2.05, 4.69) is 15.9 Å². The van der Waals surface area contributed by atoms with E-state index < -0.39 is 0 Å². The third-order valence-electron chi connectivity index (χ3n) is 2.91. The average Bonchev–Trinajstić information content (AvgIpc) is 2.98. The quantitative estimate of drug-likeness (QED) is 0.607. The Labute approximate surface area is 124 Å². The molecule has 1 aliphatic heterocycles. The van der Waals surface area contributed by atoms with E-state index in [1.165, 1.54) is 0 Å². The maximum absolute atomic E-state index is 11.8. The Hall–Kier alpha value is -2.07. The van der Waals surface area contributed by atoms with Gasteiger partial charge in [-0.15, -0.1) is 0 Å². The summed E-state index contributed by atoms with van der Waals surface area (Å²) in [7, 11) is 0. The molecule has 0 fully saturated rings. The van der Waals surface area contributed by atoms with Gasteiger partial charge in [0.05, 0.1) is 5.57 Å². The molecular formula is C16H11BrO3. The van der Waals surface area contributed by atoms with Gasteiger partial charge < -0.3 is 9.15 Å². The first-order chi connectivity index (χ1) is 9.61. The number of aryl methyl sites for hydroxylation is 1. The van der Waals surface area contributed by atoms with Gasteiger partial charge in [0.2, 0.25) is 0 Å². The number of rotatable bonds is 2. The Morgan fingerprint density at radius 2 is 1.85 bits per heavy atom. The summed E-state index contributed by atoms with van der Waals surface area (Å²) >= 11 is 3.37. The molecule has 0 bridgehead atoms. The summed E-state index contributed by atoms with van der Waals surface area (Å²) in [6.45, 7) is 1.86. The minimum Gasteiger partial charge on any atom is -0.462 e. The molecule has 2 heterocycles. The molecular weight excluding hydrogens is 320 g/mol. The average molecular weight is 331 g/mol. The highest BCUT2D eigenvalue weighted by molar-refractivity contribution is 9.10. The van der Waals surface area contributed by atoms with E-state index in [1.807, 2.05) is 43.3 Å². The lowest BCUT2D eigenvalue weighted by molar-refractivity contribution is -0.130. The van der Waals surface area contributed by atoms with Gasteiger partial charge in [0, 0.05) is 10.0 Å². The molecule has 2 aromatic rings. The van der Waals surface area contributed by atoms with Crippen LogP contribution in [0.1, 0.15) is 17.1 Å². The number of cyclic esters (lactones) is 1. The Morgan fingerprint density at radius 3 is 2.50 bits per heavy atom. The summed E-state index contributed by atoms with van der Waals surface area (Å²) in [5, 5.41) is 0. The van der Waals surface area contributed by atoms with Crippen molar-refractivity contribution >= 4 is 33.7 Å². The Balaban J connectivity index is 1.92. The Kier molecular flexibility index (Phi) is 3.32. The van der Waals surface area contributed by atoms with Crippen LogP contribution in [0.25, 0.3) is 11.8 Å². The second-order valence-electron chi connectivity index (χ2n) is 4.45. The van der Waals surface area contributed by atoms with Gasteiger partial charge in [-0.25, -0.2) is 4.79 Å². The maximum atomic E-state index is 11.8. The van der Waals surface area contributed by atoms with Crippen molar-refractivity contribution in [2.75, 3.05) is 0 Å². The van der Waals surface area contributed by atoms with Crippen LogP contribution < -0.4 is 0 Å². The van der Waals surface area contributed by atoms with E-state index in [0.29, 0.717) is 17.1 Å². The van der Waals surface area contributed by atoms with E-state index in [0.717, 1.165) is 15.8 Å². The second kappa shape index (κ2) is 5.13. The highest BCUT2D eigenvalue weighted by atomic mass is 79.9. The largest absolute Gasteiger partial charge is 0.462 e. The van der Waals surface area contributed by atoms with Crippen LogP contribution >= 0.6 is 15.9 Å². The standard InChI is InChI=1S/C16H11BrO3/c1-10-2-7-14(19-10)8-12-9-15(20-16(12)18)11-3-5-13(17)6-4-11/h2-9H,1H3. The molecule has 1 aromatic carbocycles. The number of ether oxygens (including phenoxy) is 1. The zero-order valence-electron chi connectivity index (χ0n) is 10.7. The van der Waals surface area contributed by atoms with Crippen molar-refractivity contribution in [2.45, 2.75) is 6.92 Å². The fourth-order valence-corrected chi connectivity index (χ4v) is 2.19. The van der Waals surface area contributed by atoms with Crippen molar-refractivity contribution in [3.63, 3.8) is 0 Å². The normalized spacial score (nSPS) is 16.4. The number of halogens is 1. The molecule has 0 saturated carbocycles. The van der Waals surface area contributed by atoms with Gasteiger partial charge in [-0.05, 0) is 43.3 Å². The zero-order chi connectivity index (χ0) is 14.1. The molecule has 0 N–H and O–H groups in total. The maximum Gasteiger partial charge on any atom is 0.343 e. The van der Waals surface area contributed by atoms with Crippen molar-refractivity contribution in [1.29, 1.82) is 0 Å². The fraction of sp³-hybridized carbons (Fsp3) is 0.0625. The number of hydrogen-bond acceptors (Lipinski definition) is 3. The summed E-state index contributed by atoms with van der Waals surface area (Å²) in [4.78, 5) is 11.8. The first kappa shape index (κ1) is 12.9. The van der Waals surface area contributed by atoms with Gasteiger partial charge in [0.1, 0.15) is 17.3 Å². The van der Waals surface area contributed by atoms with Crippen LogP contribution in [0.2, 0.25) is 0 Å². The third kappa shape index (κ3) is 2.60. The molecule has 1 aliphatic rings. The number of hydrogen-bond donors (Lipinski definition) is 0. The summed E-state index contributed by atoms with van der Waals surface area (Å²) in [6.07, 6.45) is 3.41. The molecule has 20 heavy (non-hydrogen) atoms. The highest BCUT2D eigenvalue weighted by Gasteiger charge is 2.22. The van der Waals surface area contributed by atoms with E-state index in [9.17, 15) is 4.79 Å². The summed E-state index contributed by atoms with van der Waals surface area (Å²) in [5.74, 6) is 1.64. The molecule has 0 amide bonds. The minimum atomic E-state index is -0.364. The molecule has 0 unspecified atom stereocenters. The van der Waals surface area contributed by atoms with Gasteiger partial charge in [0.25, 0.3) is 0 Å². The first-order valence-corrected chi connectivity index (χ1v) is 6.89. The molecule has 4 heteroatoms. The molecule has 3 rings (SSSR count). The van der Waals surface area contributed by atoms with Crippen molar-refractivity contribution < 1.29 is 13.9 Å². The van der Waals surface area contributed by atoms with Crippen molar-refractivity contribution in [1.82, 2.24) is 0 Å². The van der Waals surface area contributed by atoms with Gasteiger partial charge >= 0.3 is 5.97 Å². The lowest BCUT2D eigenvalue weighted by atomic mass is 10.1. The molecule has 0 saturated heterocycles. The van der Waals surface area contributed by atoms with Crippen molar-refractivity contribution in [3.8, 4) is 0 Å². The van der Waals surface area contributed by atoms with Crippen LogP contribution in [0.5, 0.6) is 0 Å². The minimum absolute atomic E-state index is 0.364. The van der Waals surface area contributed by atoms with Crippen LogP contribution in [0.15, 0.2) is 56.9 Å². The number of carbonyl (C=O) groups is 1. The molecule has 0 spiro atoms. The van der Waals surface area contributed by atoms with Crippen molar-refractivity contribution in [3.05, 3.63) is 69.6 Å². The molecule has 0 aliphatic carbocycles. The molecule has 100 valence electrons. The van der Waals surface area contributed by atoms with E-state index in [4.69, 9.17) is 9.15 Å². The van der Waals surface area contributed by atoms with E-state index in [1.54, 1.807) is 12.2 Å². The van der Waals surface area contributed by atoms with Crippen LogP contribution in [0, 0.1) is 6.92 Å². The Morgan fingerprint density at radius 1 is 1.10 bits per heavy atom. The lowest BCUT2D eigenvalue weighted by Crippen LogP contribution is -1.96. The fourth-order valence-electron chi connectivity index (χ4n) is 1.93. The third-order valence-corrected chi connectivity index (χ3v) is 3.44. The highest BCUT2D eigenvalue weighted by Crippen LogP contribution is 2.28. The van der Waals surface area contributed by atoms with Crippen molar-refractivity contribution in [2.24, 2.45) is 0 Å². The SMILES string of the molecule is Cc1ccc(C=C2C=C(c3ccc(Br)cc3)OC2=O)o1. The molecule has 3 nitrogen and oxygen atoms in total. The van der Waals surface area contributed by atoms with Crippen LogP contribution in [-0.4, -0.2) is 5.97 Å². The van der Waals surface area contributed by atoms with E-state index >= 15 is 0 Å². The number of benzene rings is 1. The van der Waals surface area contributed by atoms with Crippen LogP contribution in [0.3, 0.4) is 0 Å². The number of carbonyl (C=O) groups excluding carboxylic acids is 1. The van der Waals surface area contributed by atoms with Gasteiger partial charge in [-0.1, -0.05) is 28.1 Å². The molecule has 0 radical (unpaired) electrons. The predicted molar refractivity (Wildman–Crippen MR) is 79.6 cm³/mol. The second-order valence-corrected chi connectivity index (χ2v) is 5.37. The smallest absolute Gasteiger partial charge is 0.343 e. The van der Waals surface area contributed by atoms with Gasteiger partial charge in [0.15, 0.2) is 0 Å². The molecule has 0 atom stereocenters. The van der Waals surface area contributed by atoms with Gasteiger partial charge in [-0.3, -0.25) is 0 Å². The number of furan rings is 1. The van der Waals surface area contributed by atoms with Crippen LogP contribution in [0.4, 0.5) is 0 Å². The molecule has 1 aromatic heterocycles. The zero-order valence-corrected chi connectivity index (χ0v) is 12.3. The summed E-state index contributed by atoms with van der Waals surface area (Å²) < 4.78 is 11.7. The lowest BCUT2D eigenvalue weighted by Gasteiger charge is -2.01. The van der Waals surface area contributed by atoms with E-state index in [-0.39, 0.29) is 5.97 Å². The summed E-state index contributed by atoms with van der Waals surface area (Å²) in [6, 6.07) is 11.3. The van der Waals surface area contributed by atoms with Crippen LogP contribution in [-0.2, 0) is 9.53 Å². The Bertz CT molecular complexity index is 720. The first-order valence-electron chi connectivity index (χ1n) is 6.10. The predicted octanol–water partition coefficient (Wildman–Crippen LogP) is 4.33. The summed E-state index contributed by atoms with van der Waals surface area (Å²) in [5.41, 5.74) is 1.35. The monoisotopic (exact) mass is 330 g/mol. The van der Waals surface area contributed by atoms with Gasteiger partial charge in [-0.2, -0.15) is 0 Å².